The van der Waals surface area contributed by atoms with Gasteiger partial charge in [-0.25, -0.2) is 4.98 Å². The number of aromatic amines is 1. The number of hydrogen-bond donors (Lipinski definition) is 2. The summed E-state index contributed by atoms with van der Waals surface area (Å²) in [5, 5.41) is 10.3. The molecule has 0 bridgehead atoms. The van der Waals surface area contributed by atoms with E-state index in [4.69, 9.17) is 4.42 Å². The molecule has 3 aromatic heterocycles. The normalized spacial score (nSPS) is 17.3. The molecule has 0 spiro atoms. The first kappa shape index (κ1) is 17.2. The van der Waals surface area contributed by atoms with Crippen LogP contribution in [-0.4, -0.2) is 50.2 Å². The summed E-state index contributed by atoms with van der Waals surface area (Å²) < 4.78 is 7.28. The van der Waals surface area contributed by atoms with Gasteiger partial charge in [-0.1, -0.05) is 0 Å². The molecule has 1 aliphatic heterocycles. The Hall–Kier alpha value is -2.58. The van der Waals surface area contributed by atoms with E-state index in [-0.39, 0.29) is 24.4 Å². The Labute approximate surface area is 150 Å². The maximum Gasteiger partial charge on any atom is 0.275 e. The summed E-state index contributed by atoms with van der Waals surface area (Å²) in [4.78, 5) is 19.2. The summed E-state index contributed by atoms with van der Waals surface area (Å²) in [6.45, 7) is 2.04. The fourth-order valence-electron chi connectivity index (χ4n) is 3.01. The molecule has 25 heavy (non-hydrogen) atoms. The van der Waals surface area contributed by atoms with E-state index in [1.807, 2.05) is 28.8 Å². The fraction of sp³-hybridized carbons (Fsp3) is 0.312. The molecule has 3 aromatic rings. The molecule has 4 heterocycles. The molecule has 0 aliphatic carbocycles. The van der Waals surface area contributed by atoms with E-state index in [2.05, 4.69) is 20.5 Å². The zero-order valence-corrected chi connectivity index (χ0v) is 14.5. The Morgan fingerprint density at radius 3 is 3.04 bits per heavy atom. The summed E-state index contributed by atoms with van der Waals surface area (Å²) in [6.07, 6.45) is 5.22. The third kappa shape index (κ3) is 3.18. The number of nitrogens with zero attached hydrogens (tertiary/aromatic N) is 4. The number of H-pyrrole nitrogens is 1. The SMILES string of the molecule is Cl.Cn1ccnc1C1CNCCN1C(=O)c1cc(-c2ccco2)[nH]n1. The van der Waals surface area contributed by atoms with Crippen molar-refractivity contribution in [1.82, 2.24) is 30.0 Å². The van der Waals surface area contributed by atoms with Gasteiger partial charge in [0.1, 0.15) is 17.6 Å². The Morgan fingerprint density at radius 1 is 1.44 bits per heavy atom. The van der Waals surface area contributed by atoms with Gasteiger partial charge in [-0.05, 0) is 12.1 Å². The smallest absolute Gasteiger partial charge is 0.275 e. The molecule has 1 unspecified atom stereocenters. The molecule has 1 aliphatic rings. The number of rotatable bonds is 3. The van der Waals surface area contributed by atoms with Crippen LogP contribution in [0.25, 0.3) is 11.5 Å². The van der Waals surface area contributed by atoms with E-state index in [1.165, 1.54) is 0 Å². The van der Waals surface area contributed by atoms with Crippen molar-refractivity contribution < 1.29 is 9.21 Å². The van der Waals surface area contributed by atoms with Crippen LogP contribution in [0.3, 0.4) is 0 Å². The highest BCUT2D eigenvalue weighted by molar-refractivity contribution is 5.93. The number of imidazole rings is 1. The summed E-state index contributed by atoms with van der Waals surface area (Å²) in [5.74, 6) is 1.40. The van der Waals surface area contributed by atoms with Gasteiger partial charge in [0.2, 0.25) is 0 Å². The lowest BCUT2D eigenvalue weighted by molar-refractivity contribution is 0.0614. The van der Waals surface area contributed by atoms with Gasteiger partial charge >= 0.3 is 0 Å². The molecule has 8 nitrogen and oxygen atoms in total. The van der Waals surface area contributed by atoms with Crippen molar-refractivity contribution in [2.45, 2.75) is 6.04 Å². The third-order valence-electron chi connectivity index (χ3n) is 4.24. The van der Waals surface area contributed by atoms with E-state index >= 15 is 0 Å². The predicted molar refractivity (Wildman–Crippen MR) is 93.4 cm³/mol. The van der Waals surface area contributed by atoms with Crippen LogP contribution in [0.5, 0.6) is 0 Å². The molecule has 9 heteroatoms. The van der Waals surface area contributed by atoms with Crippen LogP contribution in [0.15, 0.2) is 41.3 Å². The molecule has 0 radical (unpaired) electrons. The minimum absolute atomic E-state index is 0. The number of halogens is 1. The van der Waals surface area contributed by atoms with Crippen LogP contribution >= 0.6 is 12.4 Å². The van der Waals surface area contributed by atoms with Crippen molar-refractivity contribution in [2.24, 2.45) is 7.05 Å². The highest BCUT2D eigenvalue weighted by atomic mass is 35.5. The summed E-state index contributed by atoms with van der Waals surface area (Å²) in [7, 11) is 1.93. The third-order valence-corrected chi connectivity index (χ3v) is 4.24. The van der Waals surface area contributed by atoms with Crippen LogP contribution in [0, 0.1) is 0 Å². The van der Waals surface area contributed by atoms with Gasteiger partial charge in [-0.2, -0.15) is 5.10 Å². The lowest BCUT2D eigenvalue weighted by Gasteiger charge is -2.35. The maximum absolute atomic E-state index is 12.9. The first-order valence-corrected chi connectivity index (χ1v) is 7.82. The molecule has 1 amide bonds. The number of amides is 1. The van der Waals surface area contributed by atoms with Crippen LogP contribution in [-0.2, 0) is 7.05 Å². The van der Waals surface area contributed by atoms with Gasteiger partial charge in [0.05, 0.1) is 6.26 Å². The molecule has 1 atom stereocenters. The van der Waals surface area contributed by atoms with Crippen LogP contribution < -0.4 is 5.32 Å². The first-order valence-electron chi connectivity index (χ1n) is 7.82. The van der Waals surface area contributed by atoms with E-state index in [0.29, 0.717) is 30.2 Å². The number of carbonyl (C=O) groups is 1. The molecule has 0 saturated carbocycles. The second kappa shape index (κ2) is 7.12. The molecule has 4 rings (SSSR count). The number of nitrogens with one attached hydrogen (secondary N) is 2. The predicted octanol–water partition coefficient (Wildman–Crippen LogP) is 1.61. The second-order valence-corrected chi connectivity index (χ2v) is 5.76. The van der Waals surface area contributed by atoms with Crippen LogP contribution in [0.1, 0.15) is 22.4 Å². The Balaban J connectivity index is 0.00000182. The number of carbonyl (C=O) groups excluding carboxylic acids is 1. The van der Waals surface area contributed by atoms with E-state index in [1.54, 1.807) is 24.6 Å². The average Bonchev–Trinajstić information content (AvgIpc) is 3.35. The molecule has 1 fully saturated rings. The molecule has 132 valence electrons. The van der Waals surface area contributed by atoms with Crippen LogP contribution in [0.2, 0.25) is 0 Å². The Kier molecular flexibility index (Phi) is 4.91. The van der Waals surface area contributed by atoms with E-state index in [0.717, 1.165) is 12.4 Å². The number of piperazine rings is 1. The number of aryl methyl sites for hydroxylation is 1. The molecular formula is C16H19ClN6O2. The van der Waals surface area contributed by atoms with Crippen molar-refractivity contribution in [1.29, 1.82) is 0 Å². The summed E-state index contributed by atoms with van der Waals surface area (Å²) in [6, 6.07) is 5.22. The van der Waals surface area contributed by atoms with Gasteiger partial charge in [-0.15, -0.1) is 12.4 Å². The molecular weight excluding hydrogens is 344 g/mol. The van der Waals surface area contributed by atoms with Crippen molar-refractivity contribution >= 4 is 18.3 Å². The average molecular weight is 363 g/mol. The zero-order chi connectivity index (χ0) is 16.5. The van der Waals surface area contributed by atoms with E-state index < -0.39 is 0 Å². The van der Waals surface area contributed by atoms with Crippen molar-refractivity contribution in [3.8, 4) is 11.5 Å². The van der Waals surface area contributed by atoms with Crippen molar-refractivity contribution in [3.63, 3.8) is 0 Å². The van der Waals surface area contributed by atoms with E-state index in [9.17, 15) is 4.79 Å². The lowest BCUT2D eigenvalue weighted by Crippen LogP contribution is -2.49. The minimum Gasteiger partial charge on any atom is -0.463 e. The highest BCUT2D eigenvalue weighted by Gasteiger charge is 2.32. The number of hydrogen-bond acceptors (Lipinski definition) is 5. The monoisotopic (exact) mass is 362 g/mol. The van der Waals surface area contributed by atoms with Crippen molar-refractivity contribution in [3.05, 3.63) is 48.4 Å². The second-order valence-electron chi connectivity index (χ2n) is 5.76. The topological polar surface area (TPSA) is 92.0 Å². The fourth-order valence-corrected chi connectivity index (χ4v) is 3.01. The number of furan rings is 1. The highest BCUT2D eigenvalue weighted by Crippen LogP contribution is 2.24. The summed E-state index contributed by atoms with van der Waals surface area (Å²) >= 11 is 0. The minimum atomic E-state index is -0.116. The van der Waals surface area contributed by atoms with Gasteiger partial charge < -0.3 is 19.2 Å². The molecule has 1 saturated heterocycles. The lowest BCUT2D eigenvalue weighted by atomic mass is 10.1. The first-order chi connectivity index (χ1) is 11.7. The quantitative estimate of drug-likeness (QED) is 0.738. The molecule has 2 N–H and O–H groups in total. The number of aromatic nitrogens is 4. The summed E-state index contributed by atoms with van der Waals surface area (Å²) in [5.41, 5.74) is 1.06. The maximum atomic E-state index is 12.9. The Morgan fingerprint density at radius 2 is 2.32 bits per heavy atom. The largest absolute Gasteiger partial charge is 0.463 e. The van der Waals surface area contributed by atoms with Crippen LogP contribution in [0.4, 0.5) is 0 Å². The van der Waals surface area contributed by atoms with Crippen molar-refractivity contribution in [2.75, 3.05) is 19.6 Å². The van der Waals surface area contributed by atoms with Gasteiger partial charge in [0.25, 0.3) is 5.91 Å². The zero-order valence-electron chi connectivity index (χ0n) is 13.7. The Bertz CT molecular complexity index is 841. The van der Waals surface area contributed by atoms with Gasteiger partial charge in [-0.3, -0.25) is 9.89 Å². The van der Waals surface area contributed by atoms with Gasteiger partial charge in [0.15, 0.2) is 11.5 Å². The standard InChI is InChI=1S/C16H18N6O2.ClH/c1-21-6-5-18-15(21)13-10-17-4-7-22(13)16(23)12-9-11(19-20-12)14-3-2-8-24-14;/h2-3,5-6,8-9,13,17H,4,7,10H2,1H3,(H,19,20);1H. The molecule has 0 aromatic carbocycles. The van der Waals surface area contributed by atoms with Gasteiger partial charge in [0, 0.05) is 45.1 Å².